The summed E-state index contributed by atoms with van der Waals surface area (Å²) in [5, 5.41) is 0. The molecule has 84 valence electrons. The Bertz CT molecular complexity index is 454. The lowest BCUT2D eigenvalue weighted by molar-refractivity contribution is -0.122. The van der Waals surface area contributed by atoms with Gasteiger partial charge in [-0.25, -0.2) is 4.79 Å². The Morgan fingerprint density at radius 2 is 2.19 bits per heavy atom. The van der Waals surface area contributed by atoms with Crippen LogP contribution in [0.2, 0.25) is 0 Å². The fourth-order valence-electron chi connectivity index (χ4n) is 1.71. The van der Waals surface area contributed by atoms with Crippen molar-refractivity contribution in [3.8, 4) is 0 Å². The number of methoxy groups -OCH3 is 1. The monoisotopic (exact) mass is 219 g/mol. The number of carbonyl (C=O) groups is 2. The van der Waals surface area contributed by atoms with Gasteiger partial charge in [0.1, 0.15) is 0 Å². The second-order valence-electron chi connectivity index (χ2n) is 3.79. The number of carbonyl (C=O) groups excluding carboxylic acids is 2. The van der Waals surface area contributed by atoms with Crippen LogP contribution in [0.1, 0.15) is 22.3 Å². The molecule has 1 aromatic carbocycles. The van der Waals surface area contributed by atoms with Gasteiger partial charge in [0.25, 0.3) is 0 Å². The van der Waals surface area contributed by atoms with Gasteiger partial charge in [-0.05, 0) is 24.6 Å². The van der Waals surface area contributed by atoms with E-state index in [9.17, 15) is 9.59 Å². The van der Waals surface area contributed by atoms with Crippen LogP contribution in [0.15, 0.2) is 18.2 Å². The number of β-lactam (4-membered cyclic amide) rings is 1. The zero-order valence-electron chi connectivity index (χ0n) is 9.32. The summed E-state index contributed by atoms with van der Waals surface area (Å²) in [6.45, 7) is 2.65. The summed E-state index contributed by atoms with van der Waals surface area (Å²) < 4.78 is 4.65. The molecule has 1 saturated heterocycles. The van der Waals surface area contributed by atoms with Crippen LogP contribution >= 0.6 is 0 Å². The minimum absolute atomic E-state index is 0.102. The van der Waals surface area contributed by atoms with Crippen molar-refractivity contribution in [2.75, 3.05) is 18.6 Å². The van der Waals surface area contributed by atoms with E-state index in [1.54, 1.807) is 17.0 Å². The first-order valence-corrected chi connectivity index (χ1v) is 5.13. The smallest absolute Gasteiger partial charge is 0.337 e. The number of benzene rings is 1. The molecule has 0 aromatic heterocycles. The lowest BCUT2D eigenvalue weighted by atomic mass is 10.1. The fourth-order valence-corrected chi connectivity index (χ4v) is 1.71. The molecule has 1 aliphatic rings. The van der Waals surface area contributed by atoms with Crippen molar-refractivity contribution >= 4 is 17.6 Å². The summed E-state index contributed by atoms with van der Waals surface area (Å²) in [7, 11) is 1.34. The predicted molar refractivity (Wildman–Crippen MR) is 59.5 cm³/mol. The Morgan fingerprint density at radius 3 is 2.69 bits per heavy atom. The number of rotatable bonds is 2. The molecule has 0 N–H and O–H groups in total. The largest absolute Gasteiger partial charge is 0.465 e. The third-order valence-corrected chi connectivity index (χ3v) is 2.77. The minimum Gasteiger partial charge on any atom is -0.465 e. The van der Waals surface area contributed by atoms with Crippen LogP contribution in [0, 0.1) is 6.92 Å². The number of hydrogen-bond donors (Lipinski definition) is 0. The molecule has 4 heteroatoms. The molecule has 0 radical (unpaired) electrons. The highest BCUT2D eigenvalue weighted by Crippen LogP contribution is 2.26. The van der Waals surface area contributed by atoms with E-state index in [1.165, 1.54) is 7.11 Å². The Morgan fingerprint density at radius 1 is 1.44 bits per heavy atom. The van der Waals surface area contributed by atoms with E-state index in [0.29, 0.717) is 12.0 Å². The van der Waals surface area contributed by atoms with E-state index < -0.39 is 0 Å². The van der Waals surface area contributed by atoms with Crippen molar-refractivity contribution in [1.82, 2.24) is 0 Å². The van der Waals surface area contributed by atoms with E-state index in [-0.39, 0.29) is 11.9 Å². The zero-order chi connectivity index (χ0) is 11.7. The molecule has 0 unspecified atom stereocenters. The Balaban J connectivity index is 2.36. The summed E-state index contributed by atoms with van der Waals surface area (Å²) in [4.78, 5) is 24.4. The molecule has 0 spiro atoms. The molecular formula is C12H13NO3. The molecule has 4 nitrogen and oxygen atoms in total. The van der Waals surface area contributed by atoms with Crippen LogP contribution in [-0.4, -0.2) is 25.5 Å². The first kappa shape index (κ1) is 10.7. The predicted octanol–water partition coefficient (Wildman–Crippen LogP) is 1.52. The number of esters is 1. The molecule has 1 aromatic rings. The molecule has 0 aliphatic carbocycles. The summed E-state index contributed by atoms with van der Waals surface area (Å²) in [6.07, 6.45) is 0.585. The van der Waals surface area contributed by atoms with Gasteiger partial charge in [-0.15, -0.1) is 0 Å². The normalized spacial score (nSPS) is 14.6. The molecule has 1 heterocycles. The van der Waals surface area contributed by atoms with Crippen molar-refractivity contribution in [3.63, 3.8) is 0 Å². The highest BCUT2D eigenvalue weighted by Gasteiger charge is 2.26. The number of hydrogen-bond acceptors (Lipinski definition) is 3. The molecule has 1 amide bonds. The highest BCUT2D eigenvalue weighted by atomic mass is 16.5. The molecule has 0 saturated carbocycles. The number of ether oxygens (including phenoxy) is 1. The number of amides is 1. The van der Waals surface area contributed by atoms with E-state index in [4.69, 9.17) is 0 Å². The van der Waals surface area contributed by atoms with Gasteiger partial charge in [0.05, 0.1) is 12.7 Å². The van der Waals surface area contributed by atoms with Crippen LogP contribution < -0.4 is 4.90 Å². The van der Waals surface area contributed by atoms with Crippen LogP contribution in [0.5, 0.6) is 0 Å². The quantitative estimate of drug-likeness (QED) is 0.559. The van der Waals surface area contributed by atoms with Crippen molar-refractivity contribution in [2.45, 2.75) is 13.3 Å². The van der Waals surface area contributed by atoms with E-state index in [2.05, 4.69) is 4.74 Å². The molecule has 0 atom stereocenters. The third-order valence-electron chi connectivity index (χ3n) is 2.77. The average Bonchev–Trinajstić information content (AvgIpc) is 2.29. The molecular weight excluding hydrogens is 206 g/mol. The van der Waals surface area contributed by atoms with Crippen LogP contribution in [-0.2, 0) is 9.53 Å². The second-order valence-corrected chi connectivity index (χ2v) is 3.79. The summed E-state index contributed by atoms with van der Waals surface area (Å²) in [5.41, 5.74) is 2.27. The van der Waals surface area contributed by atoms with Gasteiger partial charge in [-0.1, -0.05) is 6.07 Å². The molecule has 16 heavy (non-hydrogen) atoms. The van der Waals surface area contributed by atoms with Crippen molar-refractivity contribution in [3.05, 3.63) is 29.3 Å². The molecule has 2 rings (SSSR count). The Labute approximate surface area is 93.8 Å². The lowest BCUT2D eigenvalue weighted by Crippen LogP contribution is -2.43. The SMILES string of the molecule is COC(=O)c1ccc(C)c(N2CCC2=O)c1. The summed E-state index contributed by atoms with van der Waals surface area (Å²) in [6, 6.07) is 5.24. The Kier molecular flexibility index (Phi) is 2.64. The van der Waals surface area contributed by atoms with Crippen molar-refractivity contribution in [1.29, 1.82) is 0 Å². The summed E-state index contributed by atoms with van der Waals surface area (Å²) in [5.74, 6) is -0.278. The van der Waals surface area contributed by atoms with Crippen LogP contribution in [0.4, 0.5) is 5.69 Å². The number of aryl methyl sites for hydroxylation is 1. The fraction of sp³-hybridized carbons (Fsp3) is 0.333. The van der Waals surface area contributed by atoms with Gasteiger partial charge in [-0.3, -0.25) is 4.79 Å². The minimum atomic E-state index is -0.380. The van der Waals surface area contributed by atoms with Crippen molar-refractivity contribution in [2.24, 2.45) is 0 Å². The first-order valence-electron chi connectivity index (χ1n) is 5.13. The third kappa shape index (κ3) is 1.66. The maximum atomic E-state index is 11.4. The summed E-state index contributed by atoms with van der Waals surface area (Å²) >= 11 is 0. The van der Waals surface area contributed by atoms with Crippen LogP contribution in [0.25, 0.3) is 0 Å². The standard InChI is InChI=1S/C12H13NO3/c1-8-3-4-9(12(15)16-2)7-10(8)13-6-5-11(13)14/h3-4,7H,5-6H2,1-2H3. The first-order chi connectivity index (χ1) is 7.63. The zero-order valence-corrected chi connectivity index (χ0v) is 9.32. The van der Waals surface area contributed by atoms with Gasteiger partial charge < -0.3 is 9.64 Å². The van der Waals surface area contributed by atoms with Gasteiger partial charge in [0.2, 0.25) is 5.91 Å². The van der Waals surface area contributed by atoms with E-state index in [0.717, 1.165) is 17.8 Å². The van der Waals surface area contributed by atoms with Gasteiger partial charge in [-0.2, -0.15) is 0 Å². The highest BCUT2D eigenvalue weighted by molar-refractivity contribution is 6.01. The van der Waals surface area contributed by atoms with E-state index in [1.807, 2.05) is 13.0 Å². The van der Waals surface area contributed by atoms with Gasteiger partial charge in [0, 0.05) is 18.7 Å². The van der Waals surface area contributed by atoms with Gasteiger partial charge in [0.15, 0.2) is 0 Å². The molecule has 0 bridgehead atoms. The van der Waals surface area contributed by atoms with Crippen molar-refractivity contribution < 1.29 is 14.3 Å². The molecule has 1 aliphatic heterocycles. The maximum Gasteiger partial charge on any atom is 0.337 e. The number of anilines is 1. The second kappa shape index (κ2) is 3.96. The Hall–Kier alpha value is -1.84. The van der Waals surface area contributed by atoms with E-state index >= 15 is 0 Å². The topological polar surface area (TPSA) is 46.6 Å². The number of nitrogens with zero attached hydrogens (tertiary/aromatic N) is 1. The maximum absolute atomic E-state index is 11.4. The van der Waals surface area contributed by atoms with Gasteiger partial charge >= 0.3 is 5.97 Å². The lowest BCUT2D eigenvalue weighted by Gasteiger charge is -2.32. The van der Waals surface area contributed by atoms with Crippen LogP contribution in [0.3, 0.4) is 0 Å². The average molecular weight is 219 g/mol. The molecule has 1 fully saturated rings.